The fraction of sp³-hybridized carbons (Fsp3) is 0.333. The Kier molecular flexibility index (Phi) is 5.82. The van der Waals surface area contributed by atoms with E-state index >= 15 is 0 Å². The molecule has 0 aliphatic carbocycles. The van der Waals surface area contributed by atoms with Crippen LogP contribution in [0.5, 0.6) is 0 Å². The third-order valence-corrected chi connectivity index (χ3v) is 3.88. The lowest BCUT2D eigenvalue weighted by molar-refractivity contribution is 0.0913. The first-order valence-electron chi connectivity index (χ1n) is 7.46. The van der Waals surface area contributed by atoms with E-state index in [2.05, 4.69) is 26.2 Å². The molecule has 5 heteroatoms. The molecule has 0 saturated carbocycles. The molecule has 3 nitrogen and oxygen atoms in total. The van der Waals surface area contributed by atoms with Gasteiger partial charge >= 0.3 is 0 Å². The number of amides is 1. The summed E-state index contributed by atoms with van der Waals surface area (Å²) in [5, 5.41) is 3.69. The Morgan fingerprint density at radius 2 is 2.00 bits per heavy atom. The summed E-state index contributed by atoms with van der Waals surface area (Å²) < 4.78 is 0.867. The number of aryl methyl sites for hydroxylation is 2. The molecule has 1 N–H and O–H groups in total. The number of nitrogens with one attached hydrogen (secondary N) is 1. The smallest absolute Gasteiger partial charge is 0.270 e. The fourth-order valence-corrected chi connectivity index (χ4v) is 2.84. The predicted octanol–water partition coefficient (Wildman–Crippen LogP) is 4.81. The lowest BCUT2D eigenvalue weighted by atomic mass is 10.0. The van der Waals surface area contributed by atoms with Gasteiger partial charge in [0, 0.05) is 21.2 Å². The molecular formula is C18H20BrClN2O. The number of aromatic nitrogens is 1. The Morgan fingerprint density at radius 1 is 1.26 bits per heavy atom. The van der Waals surface area contributed by atoms with Crippen molar-refractivity contribution >= 4 is 33.4 Å². The van der Waals surface area contributed by atoms with Crippen LogP contribution < -0.4 is 5.32 Å². The highest BCUT2D eigenvalue weighted by molar-refractivity contribution is 9.10. The monoisotopic (exact) mass is 394 g/mol. The van der Waals surface area contributed by atoms with Crippen LogP contribution in [0.15, 0.2) is 41.0 Å². The minimum atomic E-state index is -0.296. The van der Waals surface area contributed by atoms with Gasteiger partial charge in [-0.15, -0.1) is 0 Å². The van der Waals surface area contributed by atoms with Gasteiger partial charge in [-0.25, -0.2) is 4.98 Å². The Hall–Kier alpha value is -1.39. The summed E-state index contributed by atoms with van der Waals surface area (Å²) in [7, 11) is 0. The number of benzene rings is 1. The molecule has 0 radical (unpaired) electrons. The Bertz CT molecular complexity index is 710. The summed E-state index contributed by atoms with van der Waals surface area (Å²) in [6.07, 6.45) is 3.18. The highest BCUT2D eigenvalue weighted by Crippen LogP contribution is 2.18. The second-order valence-corrected chi connectivity index (χ2v) is 7.85. The van der Waals surface area contributed by atoms with Gasteiger partial charge in [-0.1, -0.05) is 23.7 Å². The summed E-state index contributed by atoms with van der Waals surface area (Å²) >= 11 is 9.45. The van der Waals surface area contributed by atoms with E-state index in [1.165, 1.54) is 0 Å². The SMILES string of the molecule is CC(C)(C)NC(=O)c1ncc(Br)cc1CCc1cccc(Cl)c1. The molecule has 0 fully saturated rings. The molecule has 1 heterocycles. The second kappa shape index (κ2) is 7.45. The summed E-state index contributed by atoms with van der Waals surface area (Å²) in [6, 6.07) is 9.72. The molecule has 2 rings (SSSR count). The van der Waals surface area contributed by atoms with Gasteiger partial charge in [0.1, 0.15) is 5.69 Å². The van der Waals surface area contributed by atoms with E-state index in [0.717, 1.165) is 33.5 Å². The van der Waals surface area contributed by atoms with Gasteiger partial charge in [0.2, 0.25) is 0 Å². The average Bonchev–Trinajstić information content (AvgIpc) is 2.43. The minimum absolute atomic E-state index is 0.147. The number of halogens is 2. The summed E-state index contributed by atoms with van der Waals surface area (Å²) in [4.78, 5) is 16.8. The fourth-order valence-electron chi connectivity index (χ4n) is 2.25. The molecule has 1 aromatic heterocycles. The molecule has 1 amide bonds. The average molecular weight is 396 g/mol. The van der Waals surface area contributed by atoms with Crippen molar-refractivity contribution < 1.29 is 4.79 Å². The van der Waals surface area contributed by atoms with Gasteiger partial charge in [0.15, 0.2) is 0 Å². The normalized spacial score (nSPS) is 11.3. The minimum Gasteiger partial charge on any atom is -0.346 e. The van der Waals surface area contributed by atoms with E-state index in [4.69, 9.17) is 11.6 Å². The van der Waals surface area contributed by atoms with E-state index in [1.54, 1.807) is 6.20 Å². The van der Waals surface area contributed by atoms with Crippen molar-refractivity contribution in [3.8, 4) is 0 Å². The molecule has 0 atom stereocenters. The topological polar surface area (TPSA) is 42.0 Å². The van der Waals surface area contributed by atoms with E-state index < -0.39 is 0 Å². The summed E-state index contributed by atoms with van der Waals surface area (Å²) in [5.74, 6) is -0.147. The van der Waals surface area contributed by atoms with Gasteiger partial charge in [-0.2, -0.15) is 0 Å². The van der Waals surface area contributed by atoms with Crippen molar-refractivity contribution in [1.82, 2.24) is 10.3 Å². The van der Waals surface area contributed by atoms with Crippen molar-refractivity contribution in [1.29, 1.82) is 0 Å². The Morgan fingerprint density at radius 3 is 2.65 bits per heavy atom. The molecular weight excluding hydrogens is 376 g/mol. The van der Waals surface area contributed by atoms with Crippen LogP contribution in [0.2, 0.25) is 5.02 Å². The van der Waals surface area contributed by atoms with Crippen molar-refractivity contribution in [3.05, 3.63) is 62.8 Å². The van der Waals surface area contributed by atoms with Crippen LogP contribution in [0.4, 0.5) is 0 Å². The van der Waals surface area contributed by atoms with E-state index in [-0.39, 0.29) is 11.4 Å². The zero-order chi connectivity index (χ0) is 17.0. The second-order valence-electron chi connectivity index (χ2n) is 6.50. The number of rotatable bonds is 4. The van der Waals surface area contributed by atoms with Gasteiger partial charge in [0.05, 0.1) is 0 Å². The molecule has 0 aliphatic heterocycles. The van der Waals surface area contributed by atoms with Crippen molar-refractivity contribution in [2.75, 3.05) is 0 Å². The van der Waals surface area contributed by atoms with Crippen molar-refractivity contribution in [2.45, 2.75) is 39.2 Å². The highest BCUT2D eigenvalue weighted by Gasteiger charge is 2.19. The first-order chi connectivity index (χ1) is 10.7. The molecule has 0 spiro atoms. The quantitative estimate of drug-likeness (QED) is 0.807. The number of carbonyl (C=O) groups excluding carboxylic acids is 1. The largest absolute Gasteiger partial charge is 0.346 e. The molecule has 0 bridgehead atoms. The lowest BCUT2D eigenvalue weighted by Gasteiger charge is -2.21. The lowest BCUT2D eigenvalue weighted by Crippen LogP contribution is -2.41. The van der Waals surface area contributed by atoms with Crippen LogP contribution >= 0.6 is 27.5 Å². The summed E-state index contributed by atoms with van der Waals surface area (Å²) in [5.41, 5.74) is 2.24. The molecule has 0 aliphatic rings. The van der Waals surface area contributed by atoms with Crippen molar-refractivity contribution in [3.63, 3.8) is 0 Å². The molecule has 0 unspecified atom stereocenters. The van der Waals surface area contributed by atoms with Crippen LogP contribution in [-0.2, 0) is 12.8 Å². The molecule has 0 saturated heterocycles. The number of hydrogen-bond acceptors (Lipinski definition) is 2. The number of carbonyl (C=O) groups is 1. The van der Waals surface area contributed by atoms with E-state index in [0.29, 0.717) is 5.69 Å². The van der Waals surface area contributed by atoms with Crippen LogP contribution in [0.25, 0.3) is 0 Å². The van der Waals surface area contributed by atoms with Crippen LogP contribution in [-0.4, -0.2) is 16.4 Å². The standard InChI is InChI=1S/C18H20BrClN2O/c1-18(2,3)22-17(23)16-13(10-14(19)11-21-16)8-7-12-5-4-6-15(20)9-12/h4-6,9-11H,7-8H2,1-3H3,(H,22,23). The number of pyridine rings is 1. The maximum absolute atomic E-state index is 12.4. The van der Waals surface area contributed by atoms with Crippen molar-refractivity contribution in [2.24, 2.45) is 0 Å². The van der Waals surface area contributed by atoms with Gasteiger partial charge in [0.25, 0.3) is 5.91 Å². The Labute approximate surface area is 150 Å². The van der Waals surface area contributed by atoms with Crippen LogP contribution in [0.3, 0.4) is 0 Å². The maximum atomic E-state index is 12.4. The summed E-state index contributed by atoms with van der Waals surface area (Å²) in [6.45, 7) is 5.86. The van der Waals surface area contributed by atoms with Gasteiger partial charge in [-0.3, -0.25) is 4.79 Å². The molecule has 2 aromatic rings. The van der Waals surface area contributed by atoms with E-state index in [1.807, 2.05) is 51.1 Å². The zero-order valence-electron chi connectivity index (χ0n) is 13.5. The Balaban J connectivity index is 2.20. The molecule has 1 aromatic carbocycles. The first kappa shape index (κ1) is 18.0. The number of hydrogen-bond donors (Lipinski definition) is 1. The number of nitrogens with zero attached hydrogens (tertiary/aromatic N) is 1. The maximum Gasteiger partial charge on any atom is 0.270 e. The predicted molar refractivity (Wildman–Crippen MR) is 98.0 cm³/mol. The highest BCUT2D eigenvalue weighted by atomic mass is 79.9. The van der Waals surface area contributed by atoms with Crippen LogP contribution in [0, 0.1) is 0 Å². The van der Waals surface area contributed by atoms with Gasteiger partial charge < -0.3 is 5.32 Å². The zero-order valence-corrected chi connectivity index (χ0v) is 15.8. The molecule has 23 heavy (non-hydrogen) atoms. The van der Waals surface area contributed by atoms with Crippen LogP contribution in [0.1, 0.15) is 42.4 Å². The van der Waals surface area contributed by atoms with Gasteiger partial charge in [-0.05, 0) is 78.9 Å². The first-order valence-corrected chi connectivity index (χ1v) is 8.63. The van der Waals surface area contributed by atoms with E-state index in [9.17, 15) is 4.79 Å². The third-order valence-electron chi connectivity index (χ3n) is 3.21. The third kappa shape index (κ3) is 5.63. The molecule has 122 valence electrons.